The molecular formula is C15H23NO3S. The van der Waals surface area contributed by atoms with Crippen molar-refractivity contribution in [2.45, 2.75) is 26.2 Å². The lowest BCUT2D eigenvalue weighted by atomic mass is 10.00. The number of hydrogen-bond donors (Lipinski definition) is 1. The average Bonchev–Trinajstić information content (AvgIpc) is 2.43. The maximum Gasteiger partial charge on any atom is 0.164 e. The second-order valence-corrected chi connectivity index (χ2v) is 7.14. The van der Waals surface area contributed by atoms with E-state index in [9.17, 15) is 13.2 Å². The first-order valence-corrected chi connectivity index (χ1v) is 8.78. The molecule has 0 amide bonds. The van der Waals surface area contributed by atoms with Crippen LogP contribution >= 0.6 is 0 Å². The highest BCUT2D eigenvalue weighted by atomic mass is 32.2. The highest BCUT2D eigenvalue weighted by molar-refractivity contribution is 7.91. The van der Waals surface area contributed by atoms with Gasteiger partial charge in [-0.2, -0.15) is 0 Å². The van der Waals surface area contributed by atoms with Crippen LogP contribution < -0.4 is 5.32 Å². The fourth-order valence-electron chi connectivity index (χ4n) is 2.07. The summed E-state index contributed by atoms with van der Waals surface area (Å²) < 4.78 is 23.3. The van der Waals surface area contributed by atoms with Gasteiger partial charge in [-0.25, -0.2) is 8.42 Å². The molecule has 0 aliphatic rings. The average molecular weight is 297 g/mol. The summed E-state index contributed by atoms with van der Waals surface area (Å²) in [5.41, 5.74) is 1.62. The number of likely N-dealkylation sites (N-methyl/N-ethyl adjacent to an activating group) is 1. The van der Waals surface area contributed by atoms with E-state index in [4.69, 9.17) is 0 Å². The minimum absolute atomic E-state index is 0.0555. The van der Waals surface area contributed by atoms with E-state index in [1.807, 2.05) is 32.2 Å². The fraction of sp³-hybridized carbons (Fsp3) is 0.533. The Labute approximate surface area is 121 Å². The normalized spacial score (nSPS) is 11.5. The van der Waals surface area contributed by atoms with Gasteiger partial charge in [0, 0.05) is 17.7 Å². The lowest BCUT2D eigenvalue weighted by Gasteiger charge is -2.08. The number of hydrogen-bond acceptors (Lipinski definition) is 4. The minimum atomic E-state index is -3.10. The molecule has 20 heavy (non-hydrogen) atoms. The van der Waals surface area contributed by atoms with Crippen molar-refractivity contribution in [2.75, 3.05) is 25.1 Å². The molecule has 1 N–H and O–H groups in total. The molecule has 0 aliphatic carbocycles. The Morgan fingerprint density at radius 3 is 2.55 bits per heavy atom. The molecule has 0 radical (unpaired) electrons. The zero-order valence-corrected chi connectivity index (χ0v) is 13.0. The topological polar surface area (TPSA) is 63.2 Å². The number of sulfone groups is 1. The van der Waals surface area contributed by atoms with Crippen molar-refractivity contribution in [3.8, 4) is 0 Å². The van der Waals surface area contributed by atoms with Gasteiger partial charge < -0.3 is 5.32 Å². The molecule has 1 rings (SSSR count). The maximum atomic E-state index is 12.2. The maximum absolute atomic E-state index is 12.2. The summed E-state index contributed by atoms with van der Waals surface area (Å²) in [5, 5.41) is 3.05. The van der Waals surface area contributed by atoms with E-state index in [-0.39, 0.29) is 23.7 Å². The molecule has 0 atom stereocenters. The van der Waals surface area contributed by atoms with Crippen molar-refractivity contribution < 1.29 is 13.2 Å². The van der Waals surface area contributed by atoms with Crippen molar-refractivity contribution in [3.05, 3.63) is 35.4 Å². The number of nitrogens with one attached hydrogen (secondary N) is 1. The third-order valence-electron chi connectivity index (χ3n) is 3.12. The van der Waals surface area contributed by atoms with E-state index in [1.54, 1.807) is 6.07 Å². The largest absolute Gasteiger partial charge is 0.319 e. The van der Waals surface area contributed by atoms with Crippen LogP contribution in [0.3, 0.4) is 0 Å². The SMILES string of the molecule is CCCS(=O)(=O)CCC(=O)c1ccccc1CCNC. The van der Waals surface area contributed by atoms with E-state index < -0.39 is 9.84 Å². The van der Waals surface area contributed by atoms with Crippen LogP contribution in [0.15, 0.2) is 24.3 Å². The van der Waals surface area contributed by atoms with E-state index in [0.717, 1.165) is 18.5 Å². The third kappa shape index (κ3) is 5.43. The molecule has 0 saturated carbocycles. The number of benzene rings is 1. The molecule has 4 nitrogen and oxygen atoms in total. The van der Waals surface area contributed by atoms with Gasteiger partial charge in [0.05, 0.1) is 5.75 Å². The van der Waals surface area contributed by atoms with Gasteiger partial charge in [-0.1, -0.05) is 31.2 Å². The van der Waals surface area contributed by atoms with Crippen LogP contribution in [0.1, 0.15) is 35.7 Å². The molecule has 0 fully saturated rings. The summed E-state index contributed by atoms with van der Waals surface area (Å²) in [6, 6.07) is 7.41. The van der Waals surface area contributed by atoms with Gasteiger partial charge in [-0.05, 0) is 32.0 Å². The van der Waals surface area contributed by atoms with Crippen molar-refractivity contribution >= 4 is 15.6 Å². The highest BCUT2D eigenvalue weighted by Crippen LogP contribution is 2.13. The van der Waals surface area contributed by atoms with Gasteiger partial charge in [0.25, 0.3) is 0 Å². The molecule has 0 heterocycles. The molecule has 0 aromatic heterocycles. The summed E-state index contributed by atoms with van der Waals surface area (Å²) in [7, 11) is -1.23. The molecule has 112 valence electrons. The standard InChI is InChI=1S/C15H23NO3S/c1-3-11-20(18,19)12-9-15(17)14-7-5-4-6-13(14)8-10-16-2/h4-7,16H,3,8-12H2,1-2H3. The fourth-order valence-corrected chi connectivity index (χ4v) is 3.39. The number of carbonyl (C=O) groups is 1. The van der Waals surface area contributed by atoms with Gasteiger partial charge in [0.1, 0.15) is 0 Å². The van der Waals surface area contributed by atoms with Crippen LogP contribution in [0.4, 0.5) is 0 Å². The molecule has 5 heteroatoms. The predicted molar refractivity (Wildman–Crippen MR) is 82.0 cm³/mol. The lowest BCUT2D eigenvalue weighted by molar-refractivity contribution is 0.0988. The Balaban J connectivity index is 2.72. The molecule has 1 aromatic carbocycles. The number of Topliss-reactive ketones (excluding diaryl/α,β-unsaturated/α-hetero) is 1. The van der Waals surface area contributed by atoms with Crippen LogP contribution in [0.25, 0.3) is 0 Å². The Morgan fingerprint density at radius 1 is 1.20 bits per heavy atom. The summed E-state index contributed by atoms with van der Waals surface area (Å²) in [5.74, 6) is 0.0122. The van der Waals surface area contributed by atoms with E-state index in [2.05, 4.69) is 5.32 Å². The molecule has 0 aliphatic heterocycles. The van der Waals surface area contributed by atoms with Crippen LogP contribution in [0, 0.1) is 0 Å². The van der Waals surface area contributed by atoms with Gasteiger partial charge in [-0.3, -0.25) is 4.79 Å². The zero-order chi connectivity index (χ0) is 15.0. The highest BCUT2D eigenvalue weighted by Gasteiger charge is 2.15. The van der Waals surface area contributed by atoms with Crippen molar-refractivity contribution in [2.24, 2.45) is 0 Å². The second-order valence-electron chi connectivity index (χ2n) is 4.84. The van der Waals surface area contributed by atoms with Crippen LogP contribution in [0.5, 0.6) is 0 Å². The molecule has 0 spiro atoms. The van der Waals surface area contributed by atoms with Gasteiger partial charge in [-0.15, -0.1) is 0 Å². The monoisotopic (exact) mass is 297 g/mol. The Bertz CT molecular complexity index is 538. The van der Waals surface area contributed by atoms with Crippen molar-refractivity contribution in [1.29, 1.82) is 0 Å². The van der Waals surface area contributed by atoms with Gasteiger partial charge >= 0.3 is 0 Å². The Morgan fingerprint density at radius 2 is 1.90 bits per heavy atom. The summed E-state index contributed by atoms with van der Waals surface area (Å²) >= 11 is 0. The first-order chi connectivity index (χ1) is 9.50. The van der Waals surface area contributed by atoms with Gasteiger partial charge in [0.15, 0.2) is 15.6 Å². The quantitative estimate of drug-likeness (QED) is 0.707. The molecule has 0 bridgehead atoms. The summed E-state index contributed by atoms with van der Waals surface area (Å²) in [6.07, 6.45) is 1.42. The molecular weight excluding hydrogens is 274 g/mol. The van der Waals surface area contributed by atoms with Crippen molar-refractivity contribution in [3.63, 3.8) is 0 Å². The van der Waals surface area contributed by atoms with E-state index >= 15 is 0 Å². The van der Waals surface area contributed by atoms with E-state index in [0.29, 0.717) is 12.0 Å². The van der Waals surface area contributed by atoms with Crippen LogP contribution in [0.2, 0.25) is 0 Å². The summed E-state index contributed by atoms with van der Waals surface area (Å²) in [4.78, 5) is 12.2. The van der Waals surface area contributed by atoms with E-state index in [1.165, 1.54) is 0 Å². The Kier molecular flexibility index (Phi) is 6.88. The molecule has 0 saturated heterocycles. The Hall–Kier alpha value is -1.20. The van der Waals surface area contributed by atoms with Gasteiger partial charge in [0.2, 0.25) is 0 Å². The minimum Gasteiger partial charge on any atom is -0.319 e. The lowest BCUT2D eigenvalue weighted by Crippen LogP contribution is -2.16. The first kappa shape index (κ1) is 16.9. The summed E-state index contributed by atoms with van der Waals surface area (Å²) in [6.45, 7) is 2.62. The van der Waals surface area contributed by atoms with Crippen LogP contribution in [-0.4, -0.2) is 39.3 Å². The number of rotatable bonds is 9. The zero-order valence-electron chi connectivity index (χ0n) is 12.2. The van der Waals surface area contributed by atoms with Crippen molar-refractivity contribution in [1.82, 2.24) is 5.32 Å². The molecule has 1 aromatic rings. The number of carbonyl (C=O) groups excluding carboxylic acids is 1. The predicted octanol–water partition coefficient (Wildman–Crippen LogP) is 1.85. The van der Waals surface area contributed by atoms with Crippen LogP contribution in [-0.2, 0) is 16.3 Å². The second kappa shape index (κ2) is 8.17. The molecule has 0 unspecified atom stereocenters. The smallest absolute Gasteiger partial charge is 0.164 e. The first-order valence-electron chi connectivity index (χ1n) is 6.96. The number of ketones is 1. The third-order valence-corrected chi connectivity index (χ3v) is 4.97.